The van der Waals surface area contributed by atoms with E-state index in [1.807, 2.05) is 0 Å². The number of likely N-dealkylation sites (tertiary alicyclic amines) is 1. The van der Waals surface area contributed by atoms with Gasteiger partial charge in [-0.15, -0.1) is 0 Å². The lowest BCUT2D eigenvalue weighted by Crippen LogP contribution is -2.37. The normalized spacial score (nSPS) is 15.4. The zero-order valence-electron chi connectivity index (χ0n) is 14.8. The first-order valence-electron chi connectivity index (χ1n) is 8.78. The number of carbonyl (C=O) groups excluding carboxylic acids is 1. The predicted molar refractivity (Wildman–Crippen MR) is 105 cm³/mol. The molecule has 1 N–H and O–H groups in total. The van der Waals surface area contributed by atoms with Crippen molar-refractivity contribution in [1.82, 2.24) is 10.2 Å². The molecule has 1 atom stereocenters. The molecule has 0 aromatic heterocycles. The van der Waals surface area contributed by atoms with Gasteiger partial charge in [0.2, 0.25) is 0 Å². The van der Waals surface area contributed by atoms with E-state index in [0.29, 0.717) is 5.56 Å². The molecule has 0 radical (unpaired) electrons. The topological polar surface area (TPSA) is 75.5 Å². The molecule has 1 aliphatic rings. The van der Waals surface area contributed by atoms with Gasteiger partial charge in [-0.3, -0.25) is 19.8 Å². The summed E-state index contributed by atoms with van der Waals surface area (Å²) in [5.74, 6) is -1.10. The lowest BCUT2D eigenvalue weighted by molar-refractivity contribution is -0.385. The molecule has 0 bridgehead atoms. The molecule has 9 heteroatoms. The predicted octanol–water partition coefficient (Wildman–Crippen LogP) is 4.61. The van der Waals surface area contributed by atoms with Crippen LogP contribution in [0.4, 0.5) is 10.1 Å². The van der Waals surface area contributed by atoms with Crippen LogP contribution < -0.4 is 5.32 Å². The molecule has 28 heavy (non-hydrogen) atoms. The molecule has 0 aliphatic carbocycles. The molecule has 1 heterocycles. The van der Waals surface area contributed by atoms with E-state index in [2.05, 4.69) is 10.2 Å². The molecule has 0 saturated carbocycles. The highest BCUT2D eigenvalue weighted by Crippen LogP contribution is 2.32. The summed E-state index contributed by atoms with van der Waals surface area (Å²) in [5.41, 5.74) is -0.173. The number of rotatable bonds is 6. The summed E-state index contributed by atoms with van der Waals surface area (Å²) < 4.78 is 14.5. The van der Waals surface area contributed by atoms with Crippen LogP contribution in [0, 0.1) is 15.9 Å². The Morgan fingerprint density at radius 3 is 2.61 bits per heavy atom. The summed E-state index contributed by atoms with van der Waals surface area (Å²) >= 11 is 12.1. The first-order chi connectivity index (χ1) is 13.4. The maximum Gasteiger partial charge on any atom is 0.282 e. The van der Waals surface area contributed by atoms with Crippen molar-refractivity contribution in [2.75, 3.05) is 19.6 Å². The van der Waals surface area contributed by atoms with E-state index in [4.69, 9.17) is 23.2 Å². The molecule has 2 aromatic rings. The Balaban J connectivity index is 1.86. The van der Waals surface area contributed by atoms with Crippen molar-refractivity contribution >= 4 is 34.8 Å². The van der Waals surface area contributed by atoms with Crippen molar-refractivity contribution in [3.05, 3.63) is 73.5 Å². The summed E-state index contributed by atoms with van der Waals surface area (Å²) in [5, 5.41) is 14.4. The maximum atomic E-state index is 14.5. The number of nitrogens with zero attached hydrogens (tertiary/aromatic N) is 2. The average Bonchev–Trinajstić information content (AvgIpc) is 3.17. The van der Waals surface area contributed by atoms with Gasteiger partial charge in [0.25, 0.3) is 11.6 Å². The van der Waals surface area contributed by atoms with E-state index < -0.39 is 22.7 Å². The molecule has 1 amide bonds. The third-order valence-corrected chi connectivity index (χ3v) is 5.33. The van der Waals surface area contributed by atoms with Gasteiger partial charge in [0.15, 0.2) is 0 Å². The van der Waals surface area contributed by atoms with Crippen LogP contribution in [0.3, 0.4) is 0 Å². The molecule has 1 fully saturated rings. The summed E-state index contributed by atoms with van der Waals surface area (Å²) in [4.78, 5) is 25.2. The summed E-state index contributed by atoms with van der Waals surface area (Å²) in [7, 11) is 0. The number of hydrogen-bond acceptors (Lipinski definition) is 4. The number of nitrogens with one attached hydrogen (secondary N) is 1. The second-order valence-electron chi connectivity index (χ2n) is 6.52. The number of benzene rings is 2. The minimum atomic E-state index is -0.647. The fourth-order valence-corrected chi connectivity index (χ4v) is 3.89. The van der Waals surface area contributed by atoms with Crippen LogP contribution in [0.15, 0.2) is 36.4 Å². The third kappa shape index (κ3) is 4.43. The van der Waals surface area contributed by atoms with E-state index in [1.165, 1.54) is 30.3 Å². The molecular weight excluding hydrogens is 408 g/mol. The Morgan fingerprint density at radius 1 is 1.25 bits per heavy atom. The van der Waals surface area contributed by atoms with E-state index in [9.17, 15) is 19.3 Å². The summed E-state index contributed by atoms with van der Waals surface area (Å²) in [6, 6.07) is 7.76. The van der Waals surface area contributed by atoms with Crippen LogP contribution in [-0.4, -0.2) is 35.4 Å². The second kappa shape index (κ2) is 8.86. The van der Waals surface area contributed by atoms with Gasteiger partial charge in [-0.1, -0.05) is 29.3 Å². The fraction of sp³-hybridized carbons (Fsp3) is 0.316. The number of amides is 1. The first kappa shape index (κ1) is 20.5. The summed E-state index contributed by atoms with van der Waals surface area (Å²) in [6.45, 7) is 1.56. The number of halogens is 3. The zero-order chi connectivity index (χ0) is 20.3. The number of nitro benzene ring substituents is 1. The average molecular weight is 426 g/mol. The molecule has 0 spiro atoms. The van der Waals surface area contributed by atoms with Gasteiger partial charge in [0.05, 0.1) is 11.0 Å². The van der Waals surface area contributed by atoms with Crippen LogP contribution in [-0.2, 0) is 0 Å². The largest absolute Gasteiger partial charge is 0.350 e. The fourth-order valence-electron chi connectivity index (χ4n) is 3.43. The highest BCUT2D eigenvalue weighted by atomic mass is 35.5. The van der Waals surface area contributed by atoms with Crippen LogP contribution in [0.5, 0.6) is 0 Å². The molecule has 2 aromatic carbocycles. The third-order valence-electron chi connectivity index (χ3n) is 4.77. The van der Waals surface area contributed by atoms with Crippen LogP contribution >= 0.6 is 23.2 Å². The van der Waals surface area contributed by atoms with E-state index in [0.717, 1.165) is 25.9 Å². The van der Waals surface area contributed by atoms with Crippen molar-refractivity contribution in [1.29, 1.82) is 0 Å². The Kier molecular flexibility index (Phi) is 6.49. The van der Waals surface area contributed by atoms with E-state index in [1.54, 1.807) is 6.07 Å². The number of hydrogen-bond donors (Lipinski definition) is 1. The van der Waals surface area contributed by atoms with E-state index >= 15 is 0 Å². The van der Waals surface area contributed by atoms with Crippen LogP contribution in [0.1, 0.15) is 34.8 Å². The van der Waals surface area contributed by atoms with Crippen LogP contribution in [0.25, 0.3) is 0 Å². The van der Waals surface area contributed by atoms with Gasteiger partial charge in [-0.25, -0.2) is 4.39 Å². The molecule has 148 valence electrons. The SMILES string of the molecule is O=C(NCC(c1c(F)cccc1Cl)N1CCCC1)c1cc(Cl)ccc1[N+](=O)[O-]. The standard InChI is InChI=1S/C19H18Cl2FN3O3/c20-12-6-7-16(25(27)28)13(10-12)19(26)23-11-17(24-8-1-2-9-24)18-14(21)4-3-5-15(18)22/h3-7,10,17H,1-2,8-9,11H2,(H,23,26). The molecule has 1 saturated heterocycles. The van der Waals surface area contributed by atoms with Gasteiger partial charge in [-0.2, -0.15) is 0 Å². The molecule has 6 nitrogen and oxygen atoms in total. The zero-order valence-corrected chi connectivity index (χ0v) is 16.3. The smallest absolute Gasteiger partial charge is 0.282 e. The number of carbonyl (C=O) groups is 1. The number of nitro groups is 1. The van der Waals surface area contributed by atoms with Crippen molar-refractivity contribution < 1.29 is 14.1 Å². The van der Waals surface area contributed by atoms with Crippen molar-refractivity contribution in [2.45, 2.75) is 18.9 Å². The highest BCUT2D eigenvalue weighted by molar-refractivity contribution is 6.31. The van der Waals surface area contributed by atoms with Crippen molar-refractivity contribution in [3.8, 4) is 0 Å². The highest BCUT2D eigenvalue weighted by Gasteiger charge is 2.29. The van der Waals surface area contributed by atoms with E-state index in [-0.39, 0.29) is 27.8 Å². The first-order valence-corrected chi connectivity index (χ1v) is 9.54. The summed E-state index contributed by atoms with van der Waals surface area (Å²) in [6.07, 6.45) is 1.94. The Morgan fingerprint density at radius 2 is 1.96 bits per heavy atom. The quantitative estimate of drug-likeness (QED) is 0.541. The molecule has 3 rings (SSSR count). The minimum absolute atomic E-state index is 0.0587. The van der Waals surface area contributed by atoms with Gasteiger partial charge in [0, 0.05) is 28.2 Å². The van der Waals surface area contributed by atoms with Crippen molar-refractivity contribution in [2.24, 2.45) is 0 Å². The molecule has 1 unspecified atom stereocenters. The monoisotopic (exact) mass is 425 g/mol. The lowest BCUT2D eigenvalue weighted by Gasteiger charge is -2.29. The van der Waals surface area contributed by atoms with Gasteiger partial charge in [-0.05, 0) is 50.2 Å². The second-order valence-corrected chi connectivity index (χ2v) is 7.37. The Labute approximate surface area is 171 Å². The molecule has 1 aliphatic heterocycles. The Hall–Kier alpha value is -2.22. The maximum absolute atomic E-state index is 14.5. The van der Waals surface area contributed by atoms with Crippen molar-refractivity contribution in [3.63, 3.8) is 0 Å². The van der Waals surface area contributed by atoms with Gasteiger partial charge >= 0.3 is 0 Å². The lowest BCUT2D eigenvalue weighted by atomic mass is 10.0. The van der Waals surface area contributed by atoms with Gasteiger partial charge in [0.1, 0.15) is 11.4 Å². The minimum Gasteiger partial charge on any atom is -0.350 e. The van der Waals surface area contributed by atoms with Gasteiger partial charge < -0.3 is 5.32 Å². The van der Waals surface area contributed by atoms with Crippen LogP contribution in [0.2, 0.25) is 10.0 Å². The molecular formula is C19H18Cl2FN3O3. The Bertz CT molecular complexity index is 884.